The van der Waals surface area contributed by atoms with E-state index in [-0.39, 0.29) is 5.54 Å². The molecule has 1 aliphatic carbocycles. The molecule has 0 aromatic carbocycles. The van der Waals surface area contributed by atoms with Gasteiger partial charge in [-0.25, -0.2) is 0 Å². The number of aromatic nitrogens is 2. The predicted molar refractivity (Wildman–Crippen MR) is 47.6 cm³/mol. The second-order valence-corrected chi connectivity index (χ2v) is 3.44. The van der Waals surface area contributed by atoms with Crippen LogP contribution in [-0.4, -0.2) is 10.2 Å². The maximum atomic E-state index is 6.20. The van der Waals surface area contributed by atoms with E-state index in [1.54, 1.807) is 0 Å². The molecule has 1 aromatic rings. The highest BCUT2D eigenvalue weighted by Gasteiger charge is 2.30. The summed E-state index contributed by atoms with van der Waals surface area (Å²) in [6.07, 6.45) is 7.95. The fourth-order valence-corrected chi connectivity index (χ4v) is 1.74. The van der Waals surface area contributed by atoms with E-state index in [1.165, 1.54) is 0 Å². The zero-order valence-corrected chi connectivity index (χ0v) is 7.17. The first-order chi connectivity index (χ1) is 5.72. The number of nitrogens with two attached hydrogens (primary N) is 1. The fourth-order valence-electron chi connectivity index (χ4n) is 1.74. The van der Waals surface area contributed by atoms with Crippen LogP contribution in [0.3, 0.4) is 0 Å². The molecule has 0 saturated carbocycles. The van der Waals surface area contributed by atoms with Gasteiger partial charge in [-0.15, -0.1) is 0 Å². The first-order valence-corrected chi connectivity index (χ1v) is 4.17. The smallest absolute Gasteiger partial charge is 0.0540 e. The molecule has 12 heavy (non-hydrogen) atoms. The number of nitrogens with one attached hydrogen (secondary N) is 1. The van der Waals surface area contributed by atoms with Crippen molar-refractivity contribution in [2.75, 3.05) is 0 Å². The Kier molecular flexibility index (Phi) is 1.54. The molecule has 0 spiro atoms. The van der Waals surface area contributed by atoms with Crippen molar-refractivity contribution in [3.05, 3.63) is 29.6 Å². The minimum atomic E-state index is -0.197. The lowest BCUT2D eigenvalue weighted by Gasteiger charge is -2.22. The number of rotatable bonds is 1. The molecule has 3 N–H and O–H groups in total. The van der Waals surface area contributed by atoms with Crippen molar-refractivity contribution in [1.82, 2.24) is 10.2 Å². The van der Waals surface area contributed by atoms with E-state index in [2.05, 4.69) is 22.3 Å². The van der Waals surface area contributed by atoms with Gasteiger partial charge in [0, 0.05) is 11.3 Å². The van der Waals surface area contributed by atoms with Gasteiger partial charge in [0.05, 0.1) is 11.7 Å². The Morgan fingerprint density at radius 1 is 1.50 bits per heavy atom. The van der Waals surface area contributed by atoms with Crippen LogP contribution in [-0.2, 0) is 5.54 Å². The van der Waals surface area contributed by atoms with Gasteiger partial charge in [-0.2, -0.15) is 5.10 Å². The average molecular weight is 163 g/mol. The summed E-state index contributed by atoms with van der Waals surface area (Å²) in [5.74, 6) is 0. The van der Waals surface area contributed by atoms with Crippen molar-refractivity contribution in [3.8, 4) is 0 Å². The zero-order valence-electron chi connectivity index (χ0n) is 7.17. The van der Waals surface area contributed by atoms with Crippen LogP contribution in [0.5, 0.6) is 0 Å². The van der Waals surface area contributed by atoms with Crippen molar-refractivity contribution in [3.63, 3.8) is 0 Å². The normalized spacial score (nSPS) is 20.2. The van der Waals surface area contributed by atoms with Crippen molar-refractivity contribution < 1.29 is 0 Å². The van der Waals surface area contributed by atoms with Gasteiger partial charge in [0.2, 0.25) is 0 Å². The molecule has 1 aliphatic rings. The monoisotopic (exact) mass is 163 g/mol. The maximum absolute atomic E-state index is 6.20. The zero-order chi connectivity index (χ0) is 8.60. The summed E-state index contributed by atoms with van der Waals surface area (Å²) in [5.41, 5.74) is 8.24. The van der Waals surface area contributed by atoms with Gasteiger partial charge in [0.25, 0.3) is 0 Å². The summed E-state index contributed by atoms with van der Waals surface area (Å²) in [6.45, 7) is 2.01. The topological polar surface area (TPSA) is 54.7 Å². The van der Waals surface area contributed by atoms with Crippen LogP contribution in [0.1, 0.15) is 24.1 Å². The lowest BCUT2D eigenvalue weighted by Crippen LogP contribution is -2.33. The third kappa shape index (κ3) is 0.975. The van der Waals surface area contributed by atoms with Crippen molar-refractivity contribution in [1.29, 1.82) is 0 Å². The number of aromatic amines is 1. The minimum absolute atomic E-state index is 0.197. The molecule has 1 aromatic heterocycles. The lowest BCUT2D eigenvalue weighted by molar-refractivity contribution is 0.478. The average Bonchev–Trinajstić information content (AvgIpc) is 2.59. The van der Waals surface area contributed by atoms with Crippen LogP contribution in [0.2, 0.25) is 0 Å². The Bertz CT molecular complexity index is 303. The van der Waals surface area contributed by atoms with Crippen molar-refractivity contribution in [2.24, 2.45) is 5.73 Å². The first kappa shape index (κ1) is 7.55. The predicted octanol–water partition coefficient (Wildman–Crippen LogP) is 1.22. The molecule has 0 aliphatic heterocycles. The largest absolute Gasteiger partial charge is 0.321 e. The Hall–Kier alpha value is -1.09. The third-order valence-electron chi connectivity index (χ3n) is 2.50. The Balaban J connectivity index is 2.36. The number of H-pyrrole nitrogens is 1. The van der Waals surface area contributed by atoms with Gasteiger partial charge < -0.3 is 5.73 Å². The van der Waals surface area contributed by atoms with E-state index >= 15 is 0 Å². The first-order valence-electron chi connectivity index (χ1n) is 4.17. The van der Waals surface area contributed by atoms with Crippen LogP contribution in [0.15, 0.2) is 18.3 Å². The molecule has 64 valence electrons. The van der Waals surface area contributed by atoms with E-state index < -0.39 is 0 Å². The summed E-state index contributed by atoms with van der Waals surface area (Å²) < 4.78 is 0. The summed E-state index contributed by atoms with van der Waals surface area (Å²) in [5, 5.41) is 6.89. The second kappa shape index (κ2) is 2.45. The van der Waals surface area contributed by atoms with Gasteiger partial charge in [0.1, 0.15) is 0 Å². The van der Waals surface area contributed by atoms with Crippen LogP contribution in [0, 0.1) is 6.92 Å². The molecule has 3 nitrogen and oxygen atoms in total. The number of hydrogen-bond acceptors (Lipinski definition) is 2. The van der Waals surface area contributed by atoms with Crippen LogP contribution < -0.4 is 5.73 Å². The van der Waals surface area contributed by atoms with Crippen molar-refractivity contribution >= 4 is 0 Å². The molecular weight excluding hydrogens is 150 g/mol. The Labute approximate surface area is 71.7 Å². The van der Waals surface area contributed by atoms with Crippen molar-refractivity contribution in [2.45, 2.75) is 25.3 Å². The van der Waals surface area contributed by atoms with Gasteiger partial charge >= 0.3 is 0 Å². The SMILES string of the molecule is Cc1[nH]ncc1C1(N)CC=CC1. The third-order valence-corrected chi connectivity index (χ3v) is 2.50. The van der Waals surface area contributed by atoms with Crippen LogP contribution >= 0.6 is 0 Å². The fraction of sp³-hybridized carbons (Fsp3) is 0.444. The molecule has 0 bridgehead atoms. The highest BCUT2D eigenvalue weighted by Crippen LogP contribution is 2.32. The maximum Gasteiger partial charge on any atom is 0.0540 e. The van der Waals surface area contributed by atoms with Gasteiger partial charge in [-0.1, -0.05) is 12.2 Å². The minimum Gasteiger partial charge on any atom is -0.321 e. The molecule has 2 rings (SSSR count). The molecule has 0 radical (unpaired) electrons. The molecule has 0 amide bonds. The van der Waals surface area contributed by atoms with Crippen LogP contribution in [0.4, 0.5) is 0 Å². The number of nitrogens with zero attached hydrogens (tertiary/aromatic N) is 1. The quantitative estimate of drug-likeness (QED) is 0.612. The van der Waals surface area contributed by atoms with E-state index in [4.69, 9.17) is 5.73 Å². The molecule has 0 unspecified atom stereocenters. The summed E-state index contributed by atoms with van der Waals surface area (Å²) in [4.78, 5) is 0. The highest BCUT2D eigenvalue weighted by molar-refractivity contribution is 5.29. The summed E-state index contributed by atoms with van der Waals surface area (Å²) in [7, 11) is 0. The molecule has 1 heterocycles. The van der Waals surface area contributed by atoms with Gasteiger partial charge in [0.15, 0.2) is 0 Å². The second-order valence-electron chi connectivity index (χ2n) is 3.44. The molecule has 0 saturated heterocycles. The van der Waals surface area contributed by atoms with E-state index in [1.807, 2.05) is 13.1 Å². The molecular formula is C9H13N3. The molecule has 0 atom stereocenters. The van der Waals surface area contributed by atoms with Crippen LogP contribution in [0.25, 0.3) is 0 Å². The summed E-state index contributed by atoms with van der Waals surface area (Å²) >= 11 is 0. The standard InChI is InChI=1S/C9H13N3/c1-7-8(6-11-12-7)9(10)4-2-3-5-9/h2-3,6H,4-5,10H2,1H3,(H,11,12). The van der Waals surface area contributed by atoms with Gasteiger partial charge in [-0.05, 0) is 19.8 Å². The van der Waals surface area contributed by atoms with E-state index in [0.29, 0.717) is 0 Å². The number of aryl methyl sites for hydroxylation is 1. The molecule has 0 fully saturated rings. The van der Waals surface area contributed by atoms with E-state index in [0.717, 1.165) is 24.1 Å². The summed E-state index contributed by atoms with van der Waals surface area (Å²) in [6, 6.07) is 0. The van der Waals surface area contributed by atoms with Gasteiger partial charge in [-0.3, -0.25) is 5.10 Å². The number of hydrogen-bond donors (Lipinski definition) is 2. The molecule has 3 heteroatoms. The highest BCUT2D eigenvalue weighted by atomic mass is 15.1. The van der Waals surface area contributed by atoms with E-state index in [9.17, 15) is 0 Å². The Morgan fingerprint density at radius 3 is 2.67 bits per heavy atom. The lowest BCUT2D eigenvalue weighted by atomic mass is 9.89. The Morgan fingerprint density at radius 2 is 2.17 bits per heavy atom.